The van der Waals surface area contributed by atoms with Crippen LogP contribution in [0.1, 0.15) is 25.2 Å². The molecule has 0 saturated heterocycles. The molecule has 0 unspecified atom stereocenters. The van der Waals surface area contributed by atoms with Gasteiger partial charge in [-0.2, -0.15) is 0 Å². The highest BCUT2D eigenvalue weighted by Gasteiger charge is 2.13. The smallest absolute Gasteiger partial charge is 0.280 e. The summed E-state index contributed by atoms with van der Waals surface area (Å²) in [5.41, 5.74) is 2.13. The van der Waals surface area contributed by atoms with Crippen molar-refractivity contribution in [2.75, 3.05) is 0 Å². The molecule has 0 fully saturated rings. The molecule has 0 saturated carbocycles. The third-order valence-corrected chi connectivity index (χ3v) is 3.57. The second-order valence-electron chi connectivity index (χ2n) is 5.87. The van der Waals surface area contributed by atoms with Crippen LogP contribution in [-0.2, 0) is 13.0 Å². The number of nitrogens with zero attached hydrogens (tertiary/aromatic N) is 3. The fraction of sp³-hybridized carbons (Fsp3) is 0.278. The van der Waals surface area contributed by atoms with Crippen molar-refractivity contribution >= 4 is 11.0 Å². The highest BCUT2D eigenvalue weighted by molar-refractivity contribution is 5.72. The van der Waals surface area contributed by atoms with E-state index in [2.05, 4.69) is 23.8 Å². The van der Waals surface area contributed by atoms with Gasteiger partial charge in [-0.05, 0) is 23.6 Å². The van der Waals surface area contributed by atoms with E-state index in [0.29, 0.717) is 23.5 Å². The predicted octanol–water partition coefficient (Wildman–Crippen LogP) is 3.04. The van der Waals surface area contributed by atoms with Crippen LogP contribution >= 0.6 is 0 Å². The molecular formula is C18H19N3O. The van der Waals surface area contributed by atoms with E-state index in [0.717, 1.165) is 17.8 Å². The van der Waals surface area contributed by atoms with Gasteiger partial charge in [-0.15, -0.1) is 0 Å². The molecule has 0 N–H and O–H groups in total. The topological polar surface area (TPSA) is 47.8 Å². The Morgan fingerprint density at radius 1 is 1.09 bits per heavy atom. The summed E-state index contributed by atoms with van der Waals surface area (Å²) in [7, 11) is 0. The Morgan fingerprint density at radius 2 is 1.86 bits per heavy atom. The summed E-state index contributed by atoms with van der Waals surface area (Å²) >= 11 is 0. The summed E-state index contributed by atoms with van der Waals surface area (Å²) in [6, 6.07) is 13.6. The van der Waals surface area contributed by atoms with E-state index in [-0.39, 0.29) is 5.56 Å². The van der Waals surface area contributed by atoms with Gasteiger partial charge in [0.1, 0.15) is 5.82 Å². The molecule has 4 nitrogen and oxygen atoms in total. The van der Waals surface area contributed by atoms with Crippen molar-refractivity contribution in [1.82, 2.24) is 14.5 Å². The maximum absolute atomic E-state index is 12.8. The van der Waals surface area contributed by atoms with E-state index in [4.69, 9.17) is 0 Å². The van der Waals surface area contributed by atoms with Crippen LogP contribution in [0, 0.1) is 5.92 Å². The molecule has 4 heteroatoms. The maximum Gasteiger partial charge on any atom is 0.280 e. The molecule has 0 bridgehead atoms. The zero-order chi connectivity index (χ0) is 15.5. The van der Waals surface area contributed by atoms with Crippen molar-refractivity contribution < 1.29 is 0 Å². The van der Waals surface area contributed by atoms with E-state index in [9.17, 15) is 4.79 Å². The minimum absolute atomic E-state index is 0.0647. The fourth-order valence-electron chi connectivity index (χ4n) is 2.55. The Bertz CT molecular complexity index is 838. The molecule has 2 heterocycles. The van der Waals surface area contributed by atoms with Crippen molar-refractivity contribution in [3.63, 3.8) is 0 Å². The summed E-state index contributed by atoms with van der Waals surface area (Å²) in [5, 5.41) is 0. The number of hydrogen-bond donors (Lipinski definition) is 0. The Morgan fingerprint density at radius 3 is 2.59 bits per heavy atom. The number of rotatable bonds is 4. The van der Waals surface area contributed by atoms with Gasteiger partial charge in [0.05, 0.1) is 12.1 Å². The SMILES string of the molecule is CC(C)Cc1nc2cccnc2c(=O)n1Cc1ccccc1. The van der Waals surface area contributed by atoms with Gasteiger partial charge in [-0.25, -0.2) is 9.97 Å². The molecule has 3 aromatic rings. The summed E-state index contributed by atoms with van der Waals surface area (Å²) in [5.74, 6) is 1.26. The van der Waals surface area contributed by atoms with Gasteiger partial charge in [0.25, 0.3) is 5.56 Å². The Kier molecular flexibility index (Phi) is 4.00. The fourth-order valence-corrected chi connectivity index (χ4v) is 2.55. The number of aromatic nitrogens is 3. The minimum Gasteiger partial charge on any atom is -0.290 e. The van der Waals surface area contributed by atoms with Crippen LogP contribution in [0.3, 0.4) is 0 Å². The van der Waals surface area contributed by atoms with E-state index in [1.807, 2.05) is 42.5 Å². The number of fused-ring (bicyclic) bond motifs is 1. The van der Waals surface area contributed by atoms with Gasteiger partial charge in [0.15, 0.2) is 5.52 Å². The molecule has 0 radical (unpaired) electrons. The van der Waals surface area contributed by atoms with E-state index in [1.165, 1.54) is 0 Å². The molecule has 0 aliphatic rings. The van der Waals surface area contributed by atoms with Gasteiger partial charge in [0, 0.05) is 12.6 Å². The normalized spacial score (nSPS) is 11.2. The Hall–Kier alpha value is -2.49. The van der Waals surface area contributed by atoms with Crippen LogP contribution in [0.4, 0.5) is 0 Å². The molecule has 1 aromatic carbocycles. The second kappa shape index (κ2) is 6.10. The van der Waals surface area contributed by atoms with Gasteiger partial charge < -0.3 is 0 Å². The Balaban J connectivity index is 2.16. The van der Waals surface area contributed by atoms with Crippen molar-refractivity contribution in [2.45, 2.75) is 26.8 Å². The third kappa shape index (κ3) is 2.91. The van der Waals surface area contributed by atoms with Gasteiger partial charge in [-0.1, -0.05) is 44.2 Å². The largest absolute Gasteiger partial charge is 0.290 e. The number of pyridine rings is 1. The first kappa shape index (κ1) is 14.4. The third-order valence-electron chi connectivity index (χ3n) is 3.57. The molecule has 3 rings (SSSR count). The van der Waals surface area contributed by atoms with Crippen LogP contribution < -0.4 is 5.56 Å². The minimum atomic E-state index is -0.0647. The first-order valence-electron chi connectivity index (χ1n) is 7.53. The average Bonchev–Trinajstić information content (AvgIpc) is 2.52. The van der Waals surface area contributed by atoms with Crippen molar-refractivity contribution in [3.8, 4) is 0 Å². The lowest BCUT2D eigenvalue weighted by atomic mass is 10.1. The lowest BCUT2D eigenvalue weighted by Crippen LogP contribution is -2.27. The van der Waals surface area contributed by atoms with Gasteiger partial charge in [-0.3, -0.25) is 9.36 Å². The Labute approximate surface area is 129 Å². The van der Waals surface area contributed by atoms with E-state index < -0.39 is 0 Å². The zero-order valence-electron chi connectivity index (χ0n) is 12.9. The standard InChI is InChI=1S/C18H19N3O/c1-13(2)11-16-20-15-9-6-10-19-17(15)18(22)21(16)12-14-7-4-3-5-8-14/h3-10,13H,11-12H2,1-2H3. The molecule has 0 aliphatic carbocycles. The summed E-state index contributed by atoms with van der Waals surface area (Å²) in [4.78, 5) is 21.7. The van der Waals surface area contributed by atoms with Gasteiger partial charge in [0.2, 0.25) is 0 Å². The quantitative estimate of drug-likeness (QED) is 0.743. The van der Waals surface area contributed by atoms with Crippen molar-refractivity contribution in [3.05, 3.63) is 70.4 Å². The predicted molar refractivity (Wildman–Crippen MR) is 87.9 cm³/mol. The van der Waals surface area contributed by atoms with Gasteiger partial charge >= 0.3 is 0 Å². The first-order valence-corrected chi connectivity index (χ1v) is 7.53. The maximum atomic E-state index is 12.8. The molecule has 0 amide bonds. The molecule has 0 aliphatic heterocycles. The van der Waals surface area contributed by atoms with E-state index in [1.54, 1.807) is 10.8 Å². The molecule has 0 spiro atoms. The van der Waals surface area contributed by atoms with Crippen LogP contribution in [0.15, 0.2) is 53.5 Å². The van der Waals surface area contributed by atoms with Crippen LogP contribution in [0.2, 0.25) is 0 Å². The highest BCUT2D eigenvalue weighted by Crippen LogP contribution is 2.11. The molecular weight excluding hydrogens is 274 g/mol. The number of hydrogen-bond acceptors (Lipinski definition) is 3. The average molecular weight is 293 g/mol. The first-order chi connectivity index (χ1) is 10.6. The molecule has 112 valence electrons. The number of benzene rings is 1. The monoisotopic (exact) mass is 293 g/mol. The molecule has 22 heavy (non-hydrogen) atoms. The molecule has 0 atom stereocenters. The summed E-state index contributed by atoms with van der Waals surface area (Å²) in [6.07, 6.45) is 2.41. The van der Waals surface area contributed by atoms with E-state index >= 15 is 0 Å². The lowest BCUT2D eigenvalue weighted by Gasteiger charge is -2.14. The lowest BCUT2D eigenvalue weighted by molar-refractivity contribution is 0.573. The van der Waals surface area contributed by atoms with Crippen molar-refractivity contribution in [1.29, 1.82) is 0 Å². The van der Waals surface area contributed by atoms with Crippen LogP contribution in [-0.4, -0.2) is 14.5 Å². The van der Waals surface area contributed by atoms with Crippen LogP contribution in [0.5, 0.6) is 0 Å². The van der Waals surface area contributed by atoms with Crippen molar-refractivity contribution in [2.24, 2.45) is 5.92 Å². The zero-order valence-corrected chi connectivity index (χ0v) is 12.9. The highest BCUT2D eigenvalue weighted by atomic mass is 16.1. The van der Waals surface area contributed by atoms with Crippen LogP contribution in [0.25, 0.3) is 11.0 Å². The summed E-state index contributed by atoms with van der Waals surface area (Å²) in [6.45, 7) is 4.79. The second-order valence-corrected chi connectivity index (χ2v) is 5.87. The summed E-state index contributed by atoms with van der Waals surface area (Å²) < 4.78 is 1.75. The molecule has 2 aromatic heterocycles.